The number of carbonyl (C=O) groups is 1. The van der Waals surface area contributed by atoms with E-state index in [9.17, 15) is 9.18 Å². The third-order valence-electron chi connectivity index (χ3n) is 4.82. The van der Waals surface area contributed by atoms with Crippen LogP contribution >= 0.6 is 11.3 Å². The van der Waals surface area contributed by atoms with Gasteiger partial charge in [-0.15, -0.1) is 11.3 Å². The molecule has 0 spiro atoms. The van der Waals surface area contributed by atoms with Crippen LogP contribution in [0, 0.1) is 5.82 Å². The van der Waals surface area contributed by atoms with E-state index < -0.39 is 0 Å². The summed E-state index contributed by atoms with van der Waals surface area (Å²) in [6.45, 7) is 2.69. The fourth-order valence-electron chi connectivity index (χ4n) is 3.27. The quantitative estimate of drug-likeness (QED) is 0.443. The number of nitrogens with one attached hydrogen (secondary N) is 1. The Morgan fingerprint density at radius 1 is 1.16 bits per heavy atom. The lowest BCUT2D eigenvalue weighted by atomic mass is 10.2. The summed E-state index contributed by atoms with van der Waals surface area (Å²) >= 11 is 1.52. The molecule has 8 heteroatoms. The number of carbonyl (C=O) groups excluding carboxylic acids is 1. The second-order valence-electron chi connectivity index (χ2n) is 6.79. The van der Waals surface area contributed by atoms with E-state index in [-0.39, 0.29) is 18.3 Å². The highest BCUT2D eigenvalue weighted by Crippen LogP contribution is 2.37. The van der Waals surface area contributed by atoms with Gasteiger partial charge in [-0.3, -0.25) is 4.79 Å². The first-order chi connectivity index (χ1) is 15.1. The molecule has 6 nitrogen and oxygen atoms in total. The van der Waals surface area contributed by atoms with Gasteiger partial charge in [0.15, 0.2) is 5.82 Å². The van der Waals surface area contributed by atoms with Gasteiger partial charge in [0.05, 0.1) is 29.6 Å². The predicted molar refractivity (Wildman–Crippen MR) is 122 cm³/mol. The normalized spacial score (nSPS) is 10.8. The van der Waals surface area contributed by atoms with E-state index in [2.05, 4.69) is 15.3 Å². The van der Waals surface area contributed by atoms with Crippen LogP contribution in [0.1, 0.15) is 6.92 Å². The number of thiophene rings is 1. The fraction of sp³-hybridized carbons (Fsp3) is 0.174. The summed E-state index contributed by atoms with van der Waals surface area (Å²) in [6.07, 6.45) is 1.50. The molecule has 0 unspecified atom stereocenters. The predicted octanol–water partition coefficient (Wildman–Crippen LogP) is 4.97. The van der Waals surface area contributed by atoms with Crippen molar-refractivity contribution in [2.75, 3.05) is 30.4 Å². The summed E-state index contributed by atoms with van der Waals surface area (Å²) in [5, 5.41) is 2.90. The number of nitrogens with zero attached hydrogens (tertiary/aromatic N) is 3. The van der Waals surface area contributed by atoms with Crippen LogP contribution in [0.25, 0.3) is 20.7 Å². The fourth-order valence-corrected chi connectivity index (χ4v) is 4.40. The van der Waals surface area contributed by atoms with E-state index in [1.807, 2.05) is 30.0 Å². The van der Waals surface area contributed by atoms with Crippen molar-refractivity contribution in [2.45, 2.75) is 6.92 Å². The summed E-state index contributed by atoms with van der Waals surface area (Å²) < 4.78 is 19.5. The molecule has 1 N–H and O–H groups in total. The van der Waals surface area contributed by atoms with Crippen molar-refractivity contribution in [1.29, 1.82) is 0 Å². The molecule has 0 atom stereocenters. The van der Waals surface area contributed by atoms with Gasteiger partial charge in [0.2, 0.25) is 5.91 Å². The Balaban J connectivity index is 1.60. The zero-order valence-electron chi connectivity index (χ0n) is 17.1. The van der Waals surface area contributed by atoms with Gasteiger partial charge in [0.25, 0.3) is 0 Å². The Morgan fingerprint density at radius 2 is 1.94 bits per heavy atom. The number of benzene rings is 2. The maximum atomic E-state index is 13.3. The minimum absolute atomic E-state index is 0.129. The number of halogens is 1. The van der Waals surface area contributed by atoms with E-state index in [4.69, 9.17) is 4.74 Å². The Morgan fingerprint density at radius 3 is 2.68 bits per heavy atom. The molecule has 1 amide bonds. The maximum Gasteiger partial charge on any atom is 0.244 e. The highest BCUT2D eigenvalue weighted by Gasteiger charge is 2.18. The molecule has 4 aromatic rings. The van der Waals surface area contributed by atoms with Crippen molar-refractivity contribution in [2.24, 2.45) is 0 Å². The van der Waals surface area contributed by atoms with Crippen LogP contribution in [0.15, 0.2) is 60.9 Å². The average Bonchev–Trinajstić information content (AvgIpc) is 3.23. The number of aromatic nitrogens is 2. The lowest BCUT2D eigenvalue weighted by molar-refractivity contribution is -0.115. The van der Waals surface area contributed by atoms with Gasteiger partial charge in [-0.05, 0) is 42.8 Å². The number of hydrogen-bond donors (Lipinski definition) is 1. The van der Waals surface area contributed by atoms with Gasteiger partial charge in [-0.25, -0.2) is 14.4 Å². The van der Waals surface area contributed by atoms with Crippen molar-refractivity contribution in [3.8, 4) is 16.2 Å². The number of amides is 1. The third kappa shape index (κ3) is 4.49. The topological polar surface area (TPSA) is 67.4 Å². The number of hydrogen-bond acceptors (Lipinski definition) is 6. The highest BCUT2D eigenvalue weighted by atomic mass is 32.1. The molecule has 0 radical (unpaired) electrons. The van der Waals surface area contributed by atoms with E-state index in [1.54, 1.807) is 31.4 Å². The number of fused-ring (bicyclic) bond motifs is 1. The lowest BCUT2D eigenvalue weighted by Gasteiger charge is -2.22. The number of likely N-dealkylation sites (N-methyl/N-ethyl adjacent to an activating group) is 1. The average molecular weight is 437 g/mol. The maximum absolute atomic E-state index is 13.3. The van der Waals surface area contributed by atoms with E-state index in [0.717, 1.165) is 20.7 Å². The summed E-state index contributed by atoms with van der Waals surface area (Å²) in [7, 11) is 1.57. The summed E-state index contributed by atoms with van der Waals surface area (Å²) in [5.41, 5.74) is 2.32. The Bertz CT molecular complexity index is 1210. The second-order valence-corrected chi connectivity index (χ2v) is 7.84. The molecule has 2 heterocycles. The molecule has 2 aromatic carbocycles. The minimum Gasteiger partial charge on any atom is -0.495 e. The molecule has 0 aliphatic rings. The largest absolute Gasteiger partial charge is 0.495 e. The molecule has 0 saturated carbocycles. The number of anilines is 2. The van der Waals surface area contributed by atoms with Crippen LogP contribution in [0.3, 0.4) is 0 Å². The zero-order chi connectivity index (χ0) is 21.8. The van der Waals surface area contributed by atoms with Gasteiger partial charge in [-0.1, -0.05) is 24.3 Å². The van der Waals surface area contributed by atoms with Gasteiger partial charge < -0.3 is 15.0 Å². The van der Waals surface area contributed by atoms with Crippen LogP contribution in [0.5, 0.6) is 5.75 Å². The first-order valence-corrected chi connectivity index (χ1v) is 10.6. The van der Waals surface area contributed by atoms with E-state index in [1.165, 1.54) is 29.8 Å². The van der Waals surface area contributed by atoms with Crippen LogP contribution in [-0.2, 0) is 4.79 Å². The lowest BCUT2D eigenvalue weighted by Crippen LogP contribution is -2.33. The summed E-state index contributed by atoms with van der Waals surface area (Å²) in [4.78, 5) is 24.4. The Hall–Kier alpha value is -3.52. The number of rotatable bonds is 7. The molecule has 2 aromatic heterocycles. The molecule has 4 rings (SSSR count). The number of methoxy groups -OCH3 is 1. The zero-order valence-corrected chi connectivity index (χ0v) is 17.9. The molecular formula is C23H21FN4O2S. The van der Waals surface area contributed by atoms with Crippen molar-refractivity contribution in [3.05, 3.63) is 66.7 Å². The summed E-state index contributed by atoms with van der Waals surface area (Å²) in [5.74, 6) is 0.851. The van der Waals surface area contributed by atoms with E-state index in [0.29, 0.717) is 23.8 Å². The molecule has 31 heavy (non-hydrogen) atoms. The smallest absolute Gasteiger partial charge is 0.244 e. The molecule has 0 aliphatic carbocycles. The first kappa shape index (κ1) is 20.7. The van der Waals surface area contributed by atoms with Crippen molar-refractivity contribution in [1.82, 2.24) is 9.97 Å². The monoisotopic (exact) mass is 436 g/mol. The van der Waals surface area contributed by atoms with Crippen molar-refractivity contribution >= 4 is 39.0 Å². The molecule has 0 fully saturated rings. The number of para-hydroxylation sites is 2. The number of ether oxygens (including phenoxy) is 1. The Labute approximate surface area is 183 Å². The standard InChI is InChI=1S/C23H21FN4O2S/c1-3-28(13-21(29)27-17-6-4-5-7-19(17)30-2)23-22-18(25-14-26-23)12-20(31-22)15-8-10-16(24)11-9-15/h4-12,14H,3,13H2,1-2H3,(H,27,29). The minimum atomic E-state index is -0.274. The highest BCUT2D eigenvalue weighted by molar-refractivity contribution is 7.22. The van der Waals surface area contributed by atoms with Crippen molar-refractivity contribution < 1.29 is 13.9 Å². The third-order valence-corrected chi connectivity index (χ3v) is 5.99. The Kier molecular flexibility index (Phi) is 6.08. The summed E-state index contributed by atoms with van der Waals surface area (Å²) in [6, 6.07) is 15.6. The van der Waals surface area contributed by atoms with Gasteiger partial charge in [0, 0.05) is 11.4 Å². The van der Waals surface area contributed by atoms with Gasteiger partial charge in [0.1, 0.15) is 17.9 Å². The molecule has 0 saturated heterocycles. The van der Waals surface area contributed by atoms with Crippen LogP contribution in [0.2, 0.25) is 0 Å². The van der Waals surface area contributed by atoms with E-state index >= 15 is 0 Å². The SMILES string of the molecule is CCN(CC(=O)Nc1ccccc1OC)c1ncnc2cc(-c3ccc(F)cc3)sc12. The molecule has 0 aliphatic heterocycles. The first-order valence-electron chi connectivity index (χ1n) is 9.77. The van der Waals surface area contributed by atoms with Crippen LogP contribution in [0.4, 0.5) is 15.9 Å². The molecular weight excluding hydrogens is 415 g/mol. The van der Waals surface area contributed by atoms with Gasteiger partial charge >= 0.3 is 0 Å². The molecule has 158 valence electrons. The van der Waals surface area contributed by atoms with Gasteiger partial charge in [-0.2, -0.15) is 0 Å². The van der Waals surface area contributed by atoms with Crippen molar-refractivity contribution in [3.63, 3.8) is 0 Å². The second kappa shape index (κ2) is 9.09. The van der Waals surface area contributed by atoms with Crippen LogP contribution < -0.4 is 15.0 Å². The molecule has 0 bridgehead atoms. The van der Waals surface area contributed by atoms with Crippen LogP contribution in [-0.4, -0.2) is 36.1 Å².